The lowest BCUT2D eigenvalue weighted by atomic mass is 10.3. The minimum Gasteiger partial charge on any atom is -0.338 e. The van der Waals surface area contributed by atoms with Crippen LogP contribution in [-0.4, -0.2) is 15.2 Å². The molecule has 0 radical (unpaired) electrons. The molecule has 3 N–H and O–H groups in total. The van der Waals surface area contributed by atoms with Gasteiger partial charge in [-0.1, -0.05) is 40.9 Å². The van der Waals surface area contributed by atoms with E-state index >= 15 is 0 Å². The number of para-hydroxylation sites is 1. The highest BCUT2D eigenvalue weighted by Crippen LogP contribution is 2.37. The molecule has 7 heteroatoms. The number of imidazole rings is 1. The number of alkyl halides is 3. The zero-order chi connectivity index (χ0) is 11.1. The maximum atomic E-state index is 8.84. The molecule has 0 aliphatic carbocycles. The normalized spacial score (nSPS) is 12.0. The summed E-state index contributed by atoms with van der Waals surface area (Å²) < 4.78 is -1.61. The average molecular weight is 267 g/mol. The molecule has 0 bridgehead atoms. The third kappa shape index (κ3) is 1.99. The Bertz CT molecular complexity index is 491. The standard InChI is InChI=1S/C8H6Cl3N3O/c9-8(10,11)7-12-4-2-1-3-5(14-15)6(4)13-7/h1-3,14-15H,(H,12,13). The number of aromatic nitrogens is 2. The van der Waals surface area contributed by atoms with E-state index < -0.39 is 3.79 Å². The lowest BCUT2D eigenvalue weighted by Crippen LogP contribution is -2.02. The second kappa shape index (κ2) is 3.72. The van der Waals surface area contributed by atoms with E-state index in [9.17, 15) is 0 Å². The largest absolute Gasteiger partial charge is 0.338 e. The minimum atomic E-state index is -1.61. The van der Waals surface area contributed by atoms with Crippen LogP contribution in [0.5, 0.6) is 0 Å². The fourth-order valence-corrected chi connectivity index (χ4v) is 1.53. The zero-order valence-electron chi connectivity index (χ0n) is 7.26. The molecule has 0 amide bonds. The fraction of sp³-hybridized carbons (Fsp3) is 0.125. The Hall–Kier alpha value is -0.680. The van der Waals surface area contributed by atoms with Gasteiger partial charge in [-0.3, -0.25) is 10.7 Å². The van der Waals surface area contributed by atoms with Crippen LogP contribution in [0.2, 0.25) is 0 Å². The van der Waals surface area contributed by atoms with Gasteiger partial charge in [0.2, 0.25) is 3.79 Å². The van der Waals surface area contributed by atoms with Crippen molar-refractivity contribution in [2.75, 3.05) is 5.48 Å². The van der Waals surface area contributed by atoms with E-state index in [1.165, 1.54) is 0 Å². The number of nitrogens with one attached hydrogen (secondary N) is 2. The summed E-state index contributed by atoms with van der Waals surface area (Å²) in [7, 11) is 0. The molecule has 1 aromatic heterocycles. The van der Waals surface area contributed by atoms with Gasteiger partial charge >= 0.3 is 0 Å². The number of hydrogen-bond acceptors (Lipinski definition) is 3. The molecule has 2 aromatic rings. The second-order valence-electron chi connectivity index (χ2n) is 2.90. The first-order valence-corrected chi connectivity index (χ1v) is 5.12. The van der Waals surface area contributed by atoms with Crippen LogP contribution in [0.25, 0.3) is 11.0 Å². The quantitative estimate of drug-likeness (QED) is 0.549. The Morgan fingerprint density at radius 1 is 1.33 bits per heavy atom. The molecule has 0 unspecified atom stereocenters. The van der Waals surface area contributed by atoms with E-state index in [4.69, 9.17) is 40.0 Å². The van der Waals surface area contributed by atoms with Crippen LogP contribution < -0.4 is 5.48 Å². The van der Waals surface area contributed by atoms with Gasteiger partial charge in [0.05, 0.1) is 11.2 Å². The summed E-state index contributed by atoms with van der Waals surface area (Å²) in [5.74, 6) is 0.213. The molecular weight excluding hydrogens is 260 g/mol. The van der Waals surface area contributed by atoms with Crippen molar-refractivity contribution in [3.8, 4) is 0 Å². The first-order valence-electron chi connectivity index (χ1n) is 3.98. The third-order valence-corrected chi connectivity index (χ3v) is 2.44. The smallest absolute Gasteiger partial charge is 0.248 e. The molecule has 15 heavy (non-hydrogen) atoms. The Morgan fingerprint density at radius 3 is 2.67 bits per heavy atom. The van der Waals surface area contributed by atoms with Crippen molar-refractivity contribution >= 4 is 51.5 Å². The highest BCUT2D eigenvalue weighted by molar-refractivity contribution is 6.66. The van der Waals surface area contributed by atoms with Gasteiger partial charge in [-0.15, -0.1) is 0 Å². The van der Waals surface area contributed by atoms with Crippen LogP contribution >= 0.6 is 34.8 Å². The zero-order valence-corrected chi connectivity index (χ0v) is 9.53. The van der Waals surface area contributed by atoms with Gasteiger partial charge in [0.1, 0.15) is 5.52 Å². The highest BCUT2D eigenvalue weighted by atomic mass is 35.6. The molecule has 2 rings (SSSR count). The van der Waals surface area contributed by atoms with Crippen LogP contribution in [0.1, 0.15) is 5.82 Å². The van der Waals surface area contributed by atoms with E-state index in [2.05, 4.69) is 9.97 Å². The molecule has 0 aliphatic heterocycles. The monoisotopic (exact) mass is 265 g/mol. The molecule has 0 saturated carbocycles. The van der Waals surface area contributed by atoms with Crippen LogP contribution in [0.3, 0.4) is 0 Å². The lowest BCUT2D eigenvalue weighted by molar-refractivity contribution is 0.389. The lowest BCUT2D eigenvalue weighted by Gasteiger charge is -2.04. The van der Waals surface area contributed by atoms with Gasteiger partial charge in [0.25, 0.3) is 0 Å². The number of rotatable bonds is 1. The van der Waals surface area contributed by atoms with Crippen LogP contribution in [0, 0.1) is 0 Å². The summed E-state index contributed by atoms with van der Waals surface area (Å²) in [6, 6.07) is 5.16. The first-order chi connectivity index (χ1) is 7.02. The van der Waals surface area contributed by atoms with Gasteiger partial charge in [-0.25, -0.2) is 4.98 Å². The van der Waals surface area contributed by atoms with Crippen LogP contribution in [0.15, 0.2) is 18.2 Å². The van der Waals surface area contributed by atoms with E-state index in [1.54, 1.807) is 18.2 Å². The minimum absolute atomic E-state index is 0.213. The Kier molecular flexibility index (Phi) is 2.68. The van der Waals surface area contributed by atoms with Crippen molar-refractivity contribution in [1.82, 2.24) is 9.97 Å². The summed E-state index contributed by atoms with van der Waals surface area (Å²) in [5, 5.41) is 8.84. The second-order valence-corrected chi connectivity index (χ2v) is 5.18. The third-order valence-electron chi connectivity index (χ3n) is 1.90. The topological polar surface area (TPSA) is 60.9 Å². The summed E-state index contributed by atoms with van der Waals surface area (Å²) in [6.07, 6.45) is 0. The summed E-state index contributed by atoms with van der Waals surface area (Å²) in [4.78, 5) is 6.93. The predicted molar refractivity (Wildman–Crippen MR) is 60.7 cm³/mol. The van der Waals surface area contributed by atoms with Crippen molar-refractivity contribution in [2.24, 2.45) is 0 Å². The van der Waals surface area contributed by atoms with Crippen molar-refractivity contribution in [3.05, 3.63) is 24.0 Å². The van der Waals surface area contributed by atoms with Gasteiger partial charge in [-0.2, -0.15) is 0 Å². The van der Waals surface area contributed by atoms with E-state index in [0.29, 0.717) is 16.7 Å². The molecule has 0 fully saturated rings. The summed E-state index contributed by atoms with van der Waals surface area (Å²) in [5.41, 5.74) is 3.66. The number of fused-ring (bicyclic) bond motifs is 1. The maximum absolute atomic E-state index is 8.84. The van der Waals surface area contributed by atoms with E-state index in [1.807, 2.05) is 5.48 Å². The number of nitrogens with zero attached hydrogens (tertiary/aromatic N) is 1. The average Bonchev–Trinajstić information content (AvgIpc) is 2.59. The van der Waals surface area contributed by atoms with Gasteiger partial charge in [0, 0.05) is 0 Å². The predicted octanol–water partition coefficient (Wildman–Crippen LogP) is 3.19. The Balaban J connectivity index is 2.65. The van der Waals surface area contributed by atoms with Gasteiger partial charge < -0.3 is 4.98 Å². The van der Waals surface area contributed by atoms with Crippen molar-refractivity contribution in [1.29, 1.82) is 0 Å². The number of H-pyrrole nitrogens is 1. The Morgan fingerprint density at radius 2 is 2.07 bits per heavy atom. The fourth-order valence-electron chi connectivity index (χ4n) is 1.26. The number of aromatic amines is 1. The van der Waals surface area contributed by atoms with Crippen LogP contribution in [-0.2, 0) is 3.79 Å². The number of anilines is 1. The first kappa shape index (κ1) is 10.8. The highest BCUT2D eigenvalue weighted by Gasteiger charge is 2.27. The summed E-state index contributed by atoms with van der Waals surface area (Å²) in [6.45, 7) is 0. The van der Waals surface area contributed by atoms with Gasteiger partial charge in [-0.05, 0) is 12.1 Å². The van der Waals surface area contributed by atoms with Gasteiger partial charge in [0.15, 0.2) is 5.82 Å². The molecule has 1 aromatic carbocycles. The molecule has 4 nitrogen and oxygen atoms in total. The molecule has 80 valence electrons. The number of benzene rings is 1. The van der Waals surface area contributed by atoms with Crippen LogP contribution in [0.4, 0.5) is 5.69 Å². The van der Waals surface area contributed by atoms with Crippen molar-refractivity contribution < 1.29 is 5.21 Å². The van der Waals surface area contributed by atoms with E-state index in [-0.39, 0.29) is 5.82 Å². The SMILES string of the molecule is ONc1cccc2[nH]c(C(Cl)(Cl)Cl)nc12. The Labute approximate surface area is 100 Å². The molecule has 0 saturated heterocycles. The number of hydrogen-bond donors (Lipinski definition) is 3. The summed E-state index contributed by atoms with van der Waals surface area (Å²) >= 11 is 17.0. The number of halogens is 3. The molecule has 0 spiro atoms. The maximum Gasteiger partial charge on any atom is 0.248 e. The van der Waals surface area contributed by atoms with Crippen molar-refractivity contribution in [3.63, 3.8) is 0 Å². The molecule has 0 atom stereocenters. The van der Waals surface area contributed by atoms with Crippen molar-refractivity contribution in [2.45, 2.75) is 3.79 Å². The molecule has 1 heterocycles. The molecule has 0 aliphatic rings. The van der Waals surface area contributed by atoms with E-state index in [0.717, 1.165) is 0 Å². The molecular formula is C8H6Cl3N3O.